The summed E-state index contributed by atoms with van der Waals surface area (Å²) in [5.74, 6) is -2.87. The number of rotatable bonds is 13. The topological polar surface area (TPSA) is 282 Å². The summed E-state index contributed by atoms with van der Waals surface area (Å²) in [6.07, 6.45) is -1.06. The van der Waals surface area contributed by atoms with Crippen LogP contribution in [0.5, 0.6) is 0 Å². The Kier molecular flexibility index (Phi) is 28.3. The molecule has 0 amide bonds. The number of aromatic amines is 3. The molecule has 0 saturated heterocycles. The molecule has 7 N–H and O–H groups in total. The van der Waals surface area contributed by atoms with Crippen LogP contribution in [0.25, 0.3) is 32.7 Å². The molecule has 1 atom stereocenters. The lowest BCUT2D eigenvalue weighted by Gasteiger charge is -2.23. The lowest BCUT2D eigenvalue weighted by molar-refractivity contribution is -0.154. The zero-order chi connectivity index (χ0) is 62.4. The van der Waals surface area contributed by atoms with Crippen LogP contribution in [0.4, 0.5) is 11.4 Å². The molecule has 0 aliphatic heterocycles. The summed E-state index contributed by atoms with van der Waals surface area (Å²) in [4.78, 5) is 75.7. The van der Waals surface area contributed by atoms with Crippen molar-refractivity contribution in [3.8, 4) is 0 Å². The summed E-state index contributed by atoms with van der Waals surface area (Å²) in [7, 11) is 11.3. The predicted molar refractivity (Wildman–Crippen MR) is 332 cm³/mol. The third kappa shape index (κ3) is 20.2. The number of hydrogen-bond acceptors (Lipinski definition) is 16. The van der Waals surface area contributed by atoms with E-state index in [1.54, 1.807) is 68.8 Å². The van der Waals surface area contributed by atoms with Gasteiger partial charge in [-0.2, -0.15) is 0 Å². The van der Waals surface area contributed by atoms with E-state index in [0.29, 0.717) is 48.0 Å². The van der Waals surface area contributed by atoms with Gasteiger partial charge in [0, 0.05) is 95.3 Å². The first-order chi connectivity index (χ1) is 39.2. The molecule has 0 saturated carbocycles. The quantitative estimate of drug-likeness (QED) is 0.0271. The Hall–Kier alpha value is -7.37. The number of esters is 4. The first kappa shape index (κ1) is 69.9. The van der Waals surface area contributed by atoms with E-state index in [9.17, 15) is 28.8 Å². The van der Waals surface area contributed by atoms with E-state index < -0.39 is 36.1 Å². The van der Waals surface area contributed by atoms with Gasteiger partial charge in [-0.15, -0.1) is 0 Å². The second-order valence-electron chi connectivity index (χ2n) is 17.5. The standard InChI is InChI=1S/C13H18ClNO4.2C11H10ClNO2.C10H8ClNO2.C8H8ClNO2.C5H10O3.4H2/c1-8(13(18-3)19-4)15-9-5-6-10(11(14)7-9)12(16)17-2;1-6-3-7-4-8(11(14)15-2)9(12)5-10(7)13-6;1-6-5-8-9(13-6)4-3-7(10(8)12)11(14)15-2;1-5-2-6-3-7(10(13)14)8(11)4-9(6)12-5;1-12-8(11)6-3-2-5(10)4-7(6)9;1-4(6)5(7-2)8-3;;;;/h5-8,13,15H,1-4H3;2*3-5,13H,1-2H3;2-4,12H,1H3,(H,13,14);2-4H,10H2,1H3;5H,1-3H3;4*1H. The van der Waals surface area contributed by atoms with Crippen molar-refractivity contribution in [1.29, 1.82) is 0 Å². The van der Waals surface area contributed by atoms with Crippen LogP contribution in [-0.4, -0.2) is 131 Å². The van der Waals surface area contributed by atoms with Crippen molar-refractivity contribution in [1.82, 2.24) is 15.0 Å². The smallest absolute Gasteiger partial charge is 0.339 e. The first-order valence-electron chi connectivity index (χ1n) is 24.4. The number of nitrogens with one attached hydrogen (secondary N) is 4. The number of aromatic carboxylic acids is 1. The number of aromatic nitrogens is 3. The van der Waals surface area contributed by atoms with Gasteiger partial charge in [0.1, 0.15) is 0 Å². The first-order valence-corrected chi connectivity index (χ1v) is 26.3. The molecule has 8 aromatic rings. The average molecular weight is 1260 g/mol. The van der Waals surface area contributed by atoms with Crippen molar-refractivity contribution >= 4 is 138 Å². The maximum absolute atomic E-state index is 11.4. The lowest BCUT2D eigenvalue weighted by atomic mass is 10.1. The summed E-state index contributed by atoms with van der Waals surface area (Å²) in [5, 5.41) is 16.4. The molecule has 454 valence electrons. The van der Waals surface area contributed by atoms with Crippen LogP contribution in [0.1, 0.15) is 88.4 Å². The second-order valence-corrected chi connectivity index (χ2v) is 19.5. The number of benzene rings is 5. The van der Waals surface area contributed by atoms with Crippen molar-refractivity contribution in [2.45, 2.75) is 53.2 Å². The third-order valence-electron chi connectivity index (χ3n) is 11.4. The Balaban J connectivity index is 0. The summed E-state index contributed by atoms with van der Waals surface area (Å²) in [5.41, 5.74) is 14.0. The van der Waals surface area contributed by atoms with Gasteiger partial charge in [-0.3, -0.25) is 4.79 Å². The van der Waals surface area contributed by atoms with Gasteiger partial charge in [-0.05, 0) is 126 Å². The number of nitrogens with two attached hydrogens (primary N) is 1. The van der Waals surface area contributed by atoms with Crippen molar-refractivity contribution in [3.63, 3.8) is 0 Å². The molecule has 0 aliphatic rings. The fraction of sp³-hybridized carbons (Fsp3) is 0.276. The fourth-order valence-corrected chi connectivity index (χ4v) is 8.86. The number of H-pyrrole nitrogens is 3. The molecule has 1 unspecified atom stereocenters. The number of ether oxygens (including phenoxy) is 8. The van der Waals surface area contributed by atoms with E-state index in [1.807, 2.05) is 52.0 Å². The summed E-state index contributed by atoms with van der Waals surface area (Å²) in [6.45, 7) is 9.13. The number of fused-ring (bicyclic) bond motifs is 3. The van der Waals surface area contributed by atoms with Gasteiger partial charge >= 0.3 is 29.8 Å². The van der Waals surface area contributed by atoms with Gasteiger partial charge in [-0.1, -0.05) is 58.0 Å². The van der Waals surface area contributed by atoms with Crippen LogP contribution in [-0.2, 0) is 42.7 Å². The zero-order valence-corrected chi connectivity index (χ0v) is 51.3. The molecule has 3 heterocycles. The van der Waals surface area contributed by atoms with E-state index in [2.05, 4.69) is 48.7 Å². The van der Waals surface area contributed by atoms with Gasteiger partial charge in [0.05, 0.1) is 87.4 Å². The molecule has 3 aromatic heterocycles. The van der Waals surface area contributed by atoms with Crippen molar-refractivity contribution in [2.75, 3.05) is 67.9 Å². The normalized spacial score (nSPS) is 10.8. The molecule has 5 aromatic carbocycles. The monoisotopic (exact) mass is 1250 g/mol. The number of carbonyl (C=O) groups excluding carboxylic acids is 5. The number of anilines is 2. The SMILES string of the molecule is COC(=O)c1cc2cc(C)[nH]c2cc1Cl.COC(=O)c1ccc(N)cc1Cl.COC(=O)c1ccc(NC(C)C(OC)OC)cc1Cl.COC(=O)c1ccc2[nH]c(C)cc2c1Cl.COC(OC)C(C)=O.Cc1cc2cc(C(=O)O)c(Cl)cc2[nH]1.[HH].[HH].[HH].[HH]. The number of methoxy groups -OCH3 is 8. The van der Waals surface area contributed by atoms with Gasteiger partial charge in [0.15, 0.2) is 12.1 Å². The highest BCUT2D eigenvalue weighted by Crippen LogP contribution is 2.30. The summed E-state index contributed by atoms with van der Waals surface area (Å²) >= 11 is 29.6. The number of Topliss-reactive ketones (excluding diaryl/α,β-unsaturated/α-hetero) is 1. The fourth-order valence-electron chi connectivity index (χ4n) is 7.56. The van der Waals surface area contributed by atoms with E-state index in [-0.39, 0.29) is 34.4 Å². The van der Waals surface area contributed by atoms with Crippen LogP contribution in [0.3, 0.4) is 0 Å². The molecule has 0 spiro atoms. The Labute approximate surface area is 509 Å². The molecule has 0 aliphatic carbocycles. The van der Waals surface area contributed by atoms with Gasteiger partial charge in [0.25, 0.3) is 0 Å². The number of carboxylic acids is 1. The van der Waals surface area contributed by atoms with Crippen molar-refractivity contribution in [2.24, 2.45) is 0 Å². The minimum Gasteiger partial charge on any atom is -0.478 e. The molecular weight excluding hydrogens is 1180 g/mol. The van der Waals surface area contributed by atoms with Gasteiger partial charge in [0.2, 0.25) is 6.29 Å². The summed E-state index contributed by atoms with van der Waals surface area (Å²) in [6, 6.07) is 25.5. The molecule has 8 rings (SSSR count). The Bertz CT molecular complexity index is 3550. The minimum absolute atomic E-state index is 0. The number of aryl methyl sites for hydroxylation is 3. The Morgan fingerprint density at radius 2 is 0.916 bits per heavy atom. The van der Waals surface area contributed by atoms with E-state index in [0.717, 1.165) is 55.5 Å². The van der Waals surface area contributed by atoms with Crippen molar-refractivity contribution in [3.05, 3.63) is 161 Å². The van der Waals surface area contributed by atoms with Crippen LogP contribution in [0.2, 0.25) is 25.1 Å². The predicted octanol–water partition coefficient (Wildman–Crippen LogP) is 14.1. The van der Waals surface area contributed by atoms with Crippen LogP contribution < -0.4 is 11.1 Å². The minimum atomic E-state index is -1.00. The Morgan fingerprint density at radius 1 is 0.506 bits per heavy atom. The molecule has 0 bridgehead atoms. The number of hydrogen-bond donors (Lipinski definition) is 6. The Morgan fingerprint density at radius 3 is 1.35 bits per heavy atom. The number of ketones is 1. The molecule has 83 heavy (non-hydrogen) atoms. The maximum atomic E-state index is 11.4. The molecule has 20 nitrogen and oxygen atoms in total. The third-order valence-corrected chi connectivity index (χ3v) is 13.1. The number of nitrogen functional groups attached to an aromatic ring is 1. The summed E-state index contributed by atoms with van der Waals surface area (Å²) < 4.78 is 37.9. The van der Waals surface area contributed by atoms with E-state index in [1.165, 1.54) is 61.7 Å². The molecular formula is C58H72Cl5N5O15. The number of halogens is 5. The number of carboxylic acid groups (broad SMARTS) is 1. The van der Waals surface area contributed by atoms with Gasteiger partial charge in [-0.25, -0.2) is 24.0 Å². The highest BCUT2D eigenvalue weighted by molar-refractivity contribution is 6.38. The second kappa shape index (κ2) is 33.7. The molecule has 25 heteroatoms. The van der Waals surface area contributed by atoms with E-state index in [4.69, 9.17) is 78.3 Å². The highest BCUT2D eigenvalue weighted by Gasteiger charge is 2.19. The van der Waals surface area contributed by atoms with Crippen LogP contribution >= 0.6 is 58.0 Å². The zero-order valence-electron chi connectivity index (χ0n) is 47.5. The largest absolute Gasteiger partial charge is 0.478 e. The number of carbonyl (C=O) groups is 6. The van der Waals surface area contributed by atoms with Crippen LogP contribution in [0, 0.1) is 20.8 Å². The molecule has 0 fully saturated rings. The highest BCUT2D eigenvalue weighted by atomic mass is 35.5. The lowest BCUT2D eigenvalue weighted by Crippen LogP contribution is -2.33. The molecule has 0 radical (unpaired) electrons. The van der Waals surface area contributed by atoms with E-state index >= 15 is 0 Å². The van der Waals surface area contributed by atoms with Crippen LogP contribution in [0.15, 0.2) is 91.0 Å². The van der Waals surface area contributed by atoms with Gasteiger partial charge < -0.3 is 69.0 Å². The van der Waals surface area contributed by atoms with Crippen molar-refractivity contribution < 1.29 is 77.5 Å². The maximum Gasteiger partial charge on any atom is 0.339 e. The average Bonchev–Trinajstić information content (AvgIpc) is 2.23.